The van der Waals surface area contributed by atoms with Crippen LogP contribution in [-0.4, -0.2) is 158 Å². The third-order valence-electron chi connectivity index (χ3n) is 8.85. The number of nitrogens with one attached hydrogen (secondary N) is 1. The van der Waals surface area contributed by atoms with Crippen LogP contribution in [0.25, 0.3) is 10.4 Å². The Labute approximate surface area is 318 Å². The van der Waals surface area contributed by atoms with Gasteiger partial charge in [0.15, 0.2) is 18.7 Å². The number of methoxy groups -OCH3 is 2. The Morgan fingerprint density at radius 2 is 1.58 bits per heavy atom. The van der Waals surface area contributed by atoms with E-state index in [4.69, 9.17) is 43.4 Å². The number of benzene rings is 1. The second-order valence-electron chi connectivity index (χ2n) is 13.0. The standard InChI is InChI=1S/C35H54N4O16/c1-4-50-33(47)22(38-25(40)9-6-5-7-15-37-39-36)17-20-11-13-21(14-12-20)51-16-8-10-26(41)55-32-28(43)24(53-34(49-3)31(32)46)19-52-35-30(45)29(44)27(42)23(54-35)18-48-2/h11-14,22-24,27-32,34-35,42-46H,4-10,15-19H2,1-3H3,(H,38,40)/t22-,23?,24?,27+,28+,29-,30?,31?,32-,34+,35+/m0/s1. The molecule has 2 saturated heterocycles. The van der Waals surface area contributed by atoms with Gasteiger partial charge in [0, 0.05) is 44.9 Å². The Morgan fingerprint density at radius 3 is 2.25 bits per heavy atom. The first kappa shape index (κ1) is 45.7. The predicted octanol–water partition coefficient (Wildman–Crippen LogP) is -0.218. The van der Waals surface area contributed by atoms with Gasteiger partial charge in [0.25, 0.3) is 0 Å². The second kappa shape index (κ2) is 24.1. The number of hydrogen-bond acceptors (Lipinski definition) is 17. The van der Waals surface area contributed by atoms with Gasteiger partial charge in [-0.25, -0.2) is 4.79 Å². The molecule has 0 bridgehead atoms. The number of hydrogen-bond donors (Lipinski definition) is 6. The number of ether oxygens (including phenoxy) is 8. The lowest BCUT2D eigenvalue weighted by molar-refractivity contribution is -0.329. The summed E-state index contributed by atoms with van der Waals surface area (Å²) in [5.74, 6) is -1.11. The average molecular weight is 787 g/mol. The summed E-state index contributed by atoms with van der Waals surface area (Å²) in [6.07, 6.45) is -11.9. The summed E-state index contributed by atoms with van der Waals surface area (Å²) in [4.78, 5) is 40.5. The van der Waals surface area contributed by atoms with E-state index in [1.807, 2.05) is 0 Å². The van der Waals surface area contributed by atoms with Crippen molar-refractivity contribution in [2.45, 2.75) is 119 Å². The van der Waals surface area contributed by atoms with Crippen molar-refractivity contribution in [2.75, 3.05) is 47.2 Å². The van der Waals surface area contributed by atoms with E-state index in [0.29, 0.717) is 31.6 Å². The first-order valence-electron chi connectivity index (χ1n) is 18.2. The number of carbonyl (C=O) groups is 3. The van der Waals surface area contributed by atoms with Gasteiger partial charge in [-0.15, -0.1) is 0 Å². The number of azide groups is 1. The van der Waals surface area contributed by atoms with E-state index in [2.05, 4.69) is 15.3 Å². The van der Waals surface area contributed by atoms with Crippen molar-refractivity contribution in [1.29, 1.82) is 0 Å². The van der Waals surface area contributed by atoms with Crippen LogP contribution in [0.15, 0.2) is 29.4 Å². The summed E-state index contributed by atoms with van der Waals surface area (Å²) >= 11 is 0. The van der Waals surface area contributed by atoms with Gasteiger partial charge in [-0.05, 0) is 49.4 Å². The monoisotopic (exact) mass is 786 g/mol. The molecule has 20 heteroatoms. The molecule has 0 radical (unpaired) electrons. The van der Waals surface area contributed by atoms with Crippen LogP contribution in [0.1, 0.15) is 51.0 Å². The maximum Gasteiger partial charge on any atom is 0.328 e. The lowest BCUT2D eigenvalue weighted by atomic mass is 9.98. The minimum absolute atomic E-state index is 0.104. The highest BCUT2D eigenvalue weighted by Crippen LogP contribution is 2.28. The maximum absolute atomic E-state index is 12.8. The number of aliphatic hydroxyl groups is 5. The molecule has 310 valence electrons. The zero-order chi connectivity index (χ0) is 40.3. The number of aliphatic hydroxyl groups excluding tert-OH is 5. The molecule has 4 unspecified atom stereocenters. The molecular formula is C35H54N4O16. The summed E-state index contributed by atoms with van der Waals surface area (Å²) < 4.78 is 43.1. The smallest absolute Gasteiger partial charge is 0.328 e. The van der Waals surface area contributed by atoms with Crippen LogP contribution < -0.4 is 10.1 Å². The van der Waals surface area contributed by atoms with Crippen LogP contribution in [0.2, 0.25) is 0 Å². The third kappa shape index (κ3) is 14.4. The Hall–Kier alpha value is -3.66. The highest BCUT2D eigenvalue weighted by atomic mass is 16.7. The van der Waals surface area contributed by atoms with Gasteiger partial charge in [-0.3, -0.25) is 9.59 Å². The van der Waals surface area contributed by atoms with Gasteiger partial charge in [0.05, 0.1) is 26.4 Å². The van der Waals surface area contributed by atoms with Crippen molar-refractivity contribution in [3.05, 3.63) is 40.3 Å². The van der Waals surface area contributed by atoms with Crippen molar-refractivity contribution < 1.29 is 77.8 Å². The van der Waals surface area contributed by atoms with E-state index < -0.39 is 86.0 Å². The van der Waals surface area contributed by atoms with Gasteiger partial charge in [0.2, 0.25) is 5.91 Å². The van der Waals surface area contributed by atoms with Gasteiger partial charge in [-0.1, -0.05) is 23.7 Å². The normalized spacial score (nSPS) is 28.4. The van der Waals surface area contributed by atoms with Crippen LogP contribution in [0, 0.1) is 0 Å². The van der Waals surface area contributed by atoms with Crippen molar-refractivity contribution in [1.82, 2.24) is 5.32 Å². The second-order valence-corrected chi connectivity index (χ2v) is 13.0. The number of carbonyl (C=O) groups excluding carboxylic acids is 3. The zero-order valence-corrected chi connectivity index (χ0v) is 31.2. The molecule has 2 aliphatic heterocycles. The molecule has 0 spiro atoms. The maximum atomic E-state index is 12.8. The fourth-order valence-corrected chi connectivity index (χ4v) is 5.89. The Bertz CT molecular complexity index is 1370. The first-order valence-corrected chi connectivity index (χ1v) is 18.2. The third-order valence-corrected chi connectivity index (χ3v) is 8.85. The number of rotatable bonds is 23. The predicted molar refractivity (Wildman–Crippen MR) is 188 cm³/mol. The molecule has 0 aromatic heterocycles. The molecule has 11 atom stereocenters. The van der Waals surface area contributed by atoms with E-state index in [1.54, 1.807) is 31.2 Å². The fourth-order valence-electron chi connectivity index (χ4n) is 5.89. The van der Waals surface area contributed by atoms with Crippen molar-refractivity contribution in [3.63, 3.8) is 0 Å². The largest absolute Gasteiger partial charge is 0.494 e. The zero-order valence-electron chi connectivity index (χ0n) is 31.2. The molecule has 1 amide bonds. The molecule has 3 rings (SSSR count). The van der Waals surface area contributed by atoms with Crippen LogP contribution in [-0.2, 0) is 54.0 Å². The summed E-state index contributed by atoms with van der Waals surface area (Å²) in [6, 6.07) is 5.95. The van der Waals surface area contributed by atoms with Crippen molar-refractivity contribution in [2.24, 2.45) is 5.11 Å². The quantitative estimate of drug-likeness (QED) is 0.0275. The lowest BCUT2D eigenvalue weighted by Crippen LogP contribution is -2.62. The van der Waals surface area contributed by atoms with Gasteiger partial charge >= 0.3 is 11.9 Å². The van der Waals surface area contributed by atoms with Crippen molar-refractivity contribution in [3.8, 4) is 5.75 Å². The molecule has 2 aliphatic rings. The highest BCUT2D eigenvalue weighted by molar-refractivity contribution is 5.84. The number of nitrogens with zero attached hydrogens (tertiary/aromatic N) is 3. The molecule has 6 N–H and O–H groups in total. The minimum atomic E-state index is -1.64. The van der Waals surface area contributed by atoms with E-state index >= 15 is 0 Å². The highest BCUT2D eigenvalue weighted by Gasteiger charge is 2.49. The topological polar surface area (TPSA) is 287 Å². The molecule has 2 heterocycles. The van der Waals surface area contributed by atoms with Crippen molar-refractivity contribution >= 4 is 17.8 Å². The Kier molecular flexibility index (Phi) is 20.0. The molecule has 1 aromatic rings. The van der Waals surface area contributed by atoms with E-state index in [-0.39, 0.29) is 51.4 Å². The summed E-state index contributed by atoms with van der Waals surface area (Å²) in [6.45, 7) is 1.76. The molecule has 0 saturated carbocycles. The minimum Gasteiger partial charge on any atom is -0.494 e. The number of unbranched alkanes of at least 4 members (excludes halogenated alkanes) is 2. The van der Waals surface area contributed by atoms with Crippen LogP contribution in [0.5, 0.6) is 5.75 Å². The Balaban J connectivity index is 1.46. The lowest BCUT2D eigenvalue weighted by Gasteiger charge is -2.43. The summed E-state index contributed by atoms with van der Waals surface area (Å²) in [5.41, 5.74) is 9.08. The summed E-state index contributed by atoms with van der Waals surface area (Å²) in [5, 5.41) is 58.5. The van der Waals surface area contributed by atoms with Crippen LogP contribution in [0.3, 0.4) is 0 Å². The molecule has 55 heavy (non-hydrogen) atoms. The molecule has 20 nitrogen and oxygen atoms in total. The van der Waals surface area contributed by atoms with Gasteiger partial charge in [0.1, 0.15) is 54.5 Å². The first-order chi connectivity index (χ1) is 26.4. The summed E-state index contributed by atoms with van der Waals surface area (Å²) in [7, 11) is 2.60. The number of amides is 1. The Morgan fingerprint density at radius 1 is 0.873 bits per heavy atom. The van der Waals surface area contributed by atoms with E-state index in [9.17, 15) is 39.9 Å². The molecule has 0 aliphatic carbocycles. The van der Waals surface area contributed by atoms with E-state index in [0.717, 1.165) is 5.56 Å². The number of esters is 2. The SMILES string of the molecule is CCOC(=O)[C@H](Cc1ccc(OCCCC(=O)O[C@@H]2C(O)[C@H](OC)OC(CO[C@@H]3OC(COC)[C@@H](O)[C@H](O)C3O)[C@H]2O)cc1)NC(=O)CCCCCN=[N+]=[N-]. The fraction of sp³-hybridized carbons (Fsp3) is 0.743. The molecule has 2 fully saturated rings. The van der Waals surface area contributed by atoms with Gasteiger partial charge < -0.3 is 68.7 Å². The molecule has 1 aromatic carbocycles. The average Bonchev–Trinajstić information content (AvgIpc) is 3.17. The van der Waals surface area contributed by atoms with Crippen LogP contribution in [0.4, 0.5) is 0 Å². The van der Waals surface area contributed by atoms with E-state index in [1.165, 1.54) is 14.2 Å². The van der Waals surface area contributed by atoms with Gasteiger partial charge in [-0.2, -0.15) is 0 Å². The molecular weight excluding hydrogens is 732 g/mol. The van der Waals surface area contributed by atoms with Crippen LogP contribution >= 0.6 is 0 Å².